The van der Waals surface area contributed by atoms with Gasteiger partial charge in [-0.3, -0.25) is 10.6 Å². The Hall–Kier alpha value is -0.600. The molecule has 2 heteroatoms. The van der Waals surface area contributed by atoms with Crippen LogP contribution in [0.3, 0.4) is 0 Å². The average Bonchev–Trinajstić information content (AvgIpc) is 1.98. The van der Waals surface area contributed by atoms with Crippen molar-refractivity contribution in [1.82, 2.24) is 10.6 Å². The van der Waals surface area contributed by atoms with Crippen LogP contribution in [0.15, 0.2) is 25.3 Å². The van der Waals surface area contributed by atoms with Crippen molar-refractivity contribution in [2.45, 2.75) is 6.42 Å². The van der Waals surface area contributed by atoms with Crippen LogP contribution in [0.2, 0.25) is 0 Å². The molecule has 0 aromatic carbocycles. The molecule has 0 aliphatic heterocycles. The van der Waals surface area contributed by atoms with Crippen LogP contribution in [0.5, 0.6) is 0 Å². The van der Waals surface area contributed by atoms with Crippen molar-refractivity contribution in [2.24, 2.45) is 0 Å². The molecule has 0 amide bonds. The molecule has 0 bridgehead atoms. The molecule has 0 aliphatic carbocycles. The zero-order chi connectivity index (χ0) is 7.82. The predicted octanol–water partition coefficient (Wildman–Crippen LogP) is 1.05. The van der Waals surface area contributed by atoms with E-state index in [1.807, 2.05) is 19.2 Å². The second-order valence-electron chi connectivity index (χ2n) is 1.89. The van der Waals surface area contributed by atoms with Gasteiger partial charge in [0.1, 0.15) is 6.17 Å². The summed E-state index contributed by atoms with van der Waals surface area (Å²) in [4.78, 5) is 0. The smallest absolute Gasteiger partial charge is 0.105 e. The molecule has 1 radical (unpaired) electrons. The van der Waals surface area contributed by atoms with E-state index in [1.165, 1.54) is 0 Å². The monoisotopic (exact) mass is 143 g/mol. The summed E-state index contributed by atoms with van der Waals surface area (Å²) in [6, 6.07) is 0. The minimum atomic E-state index is 0.796. The van der Waals surface area contributed by atoms with E-state index in [-0.39, 0.29) is 0 Å². The largest absolute Gasteiger partial charge is 0.299 e. The summed E-state index contributed by atoms with van der Waals surface area (Å²) in [7, 11) is 1.88. The maximum absolute atomic E-state index is 3.63. The van der Waals surface area contributed by atoms with Crippen molar-refractivity contribution >= 4 is 0 Å². The van der Waals surface area contributed by atoms with E-state index < -0.39 is 0 Å². The van der Waals surface area contributed by atoms with Gasteiger partial charge in [0.05, 0.1) is 0 Å². The fraction of sp³-hybridized carbons (Fsp3) is 0.375. The molecule has 0 aromatic heterocycles. The molecule has 0 atom stereocenters. The van der Waals surface area contributed by atoms with Gasteiger partial charge in [-0.1, -0.05) is 12.2 Å². The quantitative estimate of drug-likeness (QED) is 0.543. The van der Waals surface area contributed by atoms with Crippen molar-refractivity contribution in [1.29, 1.82) is 0 Å². The van der Waals surface area contributed by atoms with Crippen LogP contribution in [0.25, 0.3) is 0 Å². The van der Waals surface area contributed by atoms with Gasteiger partial charge in [-0.2, -0.15) is 0 Å². The van der Waals surface area contributed by atoms with Gasteiger partial charge >= 0.3 is 0 Å². The number of hydrogen-bond donors (Lipinski definition) is 2. The lowest BCUT2D eigenvalue weighted by Gasteiger charge is -2.12. The van der Waals surface area contributed by atoms with E-state index in [9.17, 15) is 0 Å². The average molecular weight is 143 g/mol. The Morgan fingerprint density at radius 1 is 1.40 bits per heavy atom. The molecule has 0 heterocycles. The molecule has 2 N–H and O–H groups in total. The van der Waals surface area contributed by atoms with Gasteiger partial charge in [0, 0.05) is 6.54 Å². The van der Waals surface area contributed by atoms with Gasteiger partial charge in [0.25, 0.3) is 0 Å². The van der Waals surface area contributed by atoms with E-state index in [4.69, 9.17) is 0 Å². The third-order valence-corrected chi connectivity index (χ3v) is 1.11. The molecular formula is C8H15N2. The Morgan fingerprint density at radius 2 is 2.10 bits per heavy atom. The van der Waals surface area contributed by atoms with Crippen molar-refractivity contribution in [3.63, 3.8) is 0 Å². The summed E-state index contributed by atoms with van der Waals surface area (Å²) in [5, 5.41) is 6.16. The summed E-state index contributed by atoms with van der Waals surface area (Å²) in [5.41, 5.74) is 0. The van der Waals surface area contributed by atoms with Gasteiger partial charge in [-0.15, -0.1) is 13.2 Å². The van der Waals surface area contributed by atoms with Crippen LogP contribution in [0, 0.1) is 6.17 Å². The molecule has 0 saturated heterocycles. The summed E-state index contributed by atoms with van der Waals surface area (Å²) in [5.74, 6) is 0. The van der Waals surface area contributed by atoms with Gasteiger partial charge in [0.15, 0.2) is 0 Å². The topological polar surface area (TPSA) is 24.1 Å². The molecule has 0 unspecified atom stereocenters. The summed E-state index contributed by atoms with van der Waals surface area (Å²) < 4.78 is 0. The van der Waals surface area contributed by atoms with Gasteiger partial charge in [-0.05, 0) is 13.5 Å². The summed E-state index contributed by atoms with van der Waals surface area (Å²) in [6.45, 7) is 8.02. The Kier molecular flexibility index (Phi) is 6.13. The highest BCUT2D eigenvalue weighted by molar-refractivity contribution is 4.91. The van der Waals surface area contributed by atoms with Crippen LogP contribution in [0.1, 0.15) is 6.42 Å². The standard InChI is InChI=1S/C8H15N2/c1-4-6-8(9-3)10-7-5-2/h4-5,9-10H,1-2,6-7H2,3H3/i6+2,7+2. The molecule has 0 spiro atoms. The minimum Gasteiger partial charge on any atom is -0.299 e. The number of nitrogens with one attached hydrogen (secondary N) is 2. The van der Waals surface area contributed by atoms with Gasteiger partial charge in [0.2, 0.25) is 0 Å². The molecule has 10 heavy (non-hydrogen) atoms. The molecular weight excluding hydrogens is 128 g/mol. The predicted molar refractivity (Wildman–Crippen MR) is 45.3 cm³/mol. The maximum atomic E-state index is 3.63. The van der Waals surface area contributed by atoms with Gasteiger partial charge in [-0.25, -0.2) is 0 Å². The van der Waals surface area contributed by atoms with E-state index in [0.717, 1.165) is 19.1 Å². The normalized spacial score (nSPS) is 9.80. The Balaban J connectivity index is 3.38. The first-order valence-corrected chi connectivity index (χ1v) is 3.34. The first-order valence-electron chi connectivity index (χ1n) is 3.34. The van der Waals surface area contributed by atoms with Crippen molar-refractivity contribution in [3.8, 4) is 0 Å². The molecule has 2 nitrogen and oxygen atoms in total. The van der Waals surface area contributed by atoms with Crippen molar-refractivity contribution in [2.75, 3.05) is 13.6 Å². The second-order valence-corrected chi connectivity index (χ2v) is 1.89. The second kappa shape index (κ2) is 6.52. The summed E-state index contributed by atoms with van der Waals surface area (Å²) >= 11 is 0. The zero-order valence-corrected chi connectivity index (χ0v) is 6.48. The molecule has 0 saturated carbocycles. The minimum absolute atomic E-state index is 0.796. The van der Waals surface area contributed by atoms with Crippen LogP contribution in [-0.2, 0) is 0 Å². The molecule has 0 rings (SSSR count). The lowest BCUT2D eigenvalue weighted by molar-refractivity contribution is 0.628. The number of hydrogen-bond acceptors (Lipinski definition) is 2. The maximum Gasteiger partial charge on any atom is 0.105 e. The molecule has 57 valence electrons. The fourth-order valence-corrected chi connectivity index (χ4v) is 0.602. The molecule has 0 aromatic rings. The Morgan fingerprint density at radius 3 is 2.50 bits per heavy atom. The highest BCUT2D eigenvalue weighted by atomic mass is 15.5. The van der Waals surface area contributed by atoms with E-state index in [2.05, 4.69) is 23.8 Å². The lowest BCUT2D eigenvalue weighted by atomic mass is 10.8. The van der Waals surface area contributed by atoms with Crippen LogP contribution < -0.4 is 10.6 Å². The fourth-order valence-electron chi connectivity index (χ4n) is 0.602. The van der Waals surface area contributed by atoms with E-state index >= 15 is 0 Å². The van der Waals surface area contributed by atoms with E-state index in [1.54, 1.807) is 0 Å². The van der Waals surface area contributed by atoms with Crippen molar-refractivity contribution < 1.29 is 0 Å². The lowest BCUT2D eigenvalue weighted by Crippen LogP contribution is -2.31. The van der Waals surface area contributed by atoms with E-state index in [0.29, 0.717) is 0 Å². The third-order valence-electron chi connectivity index (χ3n) is 1.11. The first-order chi connectivity index (χ1) is 4.85. The Bertz CT molecular complexity index is 99.4. The zero-order valence-electron chi connectivity index (χ0n) is 6.48. The number of rotatable bonds is 6. The molecule has 0 aliphatic rings. The highest BCUT2D eigenvalue weighted by Crippen LogP contribution is 1.94. The van der Waals surface area contributed by atoms with Crippen molar-refractivity contribution in [3.05, 3.63) is 31.5 Å². The summed E-state index contributed by atoms with van der Waals surface area (Å²) in [6.07, 6.45) is 5.60. The molecule has 0 fully saturated rings. The van der Waals surface area contributed by atoms with Crippen LogP contribution in [0.4, 0.5) is 0 Å². The SMILES string of the molecule is C=C[14CH2]N[C]([14CH2]C=C)NC. The van der Waals surface area contributed by atoms with Crippen LogP contribution in [-0.4, -0.2) is 13.6 Å². The van der Waals surface area contributed by atoms with Crippen LogP contribution >= 0.6 is 0 Å². The highest BCUT2D eigenvalue weighted by Gasteiger charge is 1.99. The van der Waals surface area contributed by atoms with Gasteiger partial charge < -0.3 is 0 Å². The Labute approximate surface area is 63.0 Å². The third kappa shape index (κ3) is 4.30. The first kappa shape index (κ1) is 9.40.